The maximum absolute atomic E-state index is 11.9. The Balaban J connectivity index is 2.05. The third kappa shape index (κ3) is 4.45. The zero-order valence-corrected chi connectivity index (χ0v) is 15.0. The van der Waals surface area contributed by atoms with Crippen LogP contribution in [-0.4, -0.2) is 41.2 Å². The molecule has 0 saturated carbocycles. The van der Waals surface area contributed by atoms with E-state index in [1.165, 1.54) is 50.5 Å². The second-order valence-electron chi connectivity index (χ2n) is 5.15. The first-order chi connectivity index (χ1) is 11.5. The molecule has 9 nitrogen and oxygen atoms in total. The third-order valence-electron chi connectivity index (χ3n) is 3.14. The average molecular weight is 388 g/mol. The van der Waals surface area contributed by atoms with Gasteiger partial charge in [0.15, 0.2) is 0 Å². The second-order valence-corrected chi connectivity index (χ2v) is 8.80. The largest absolute Gasteiger partial charge is 0.454 e. The Morgan fingerprint density at radius 3 is 2.20 bits per heavy atom. The molecular weight excluding hydrogens is 372 g/mol. The Hall–Kier alpha value is -2.21. The summed E-state index contributed by atoms with van der Waals surface area (Å²) in [6.07, 6.45) is 0. The second kappa shape index (κ2) is 6.96. The van der Waals surface area contributed by atoms with Crippen molar-refractivity contribution in [1.82, 2.24) is 4.31 Å². The third-order valence-corrected chi connectivity index (χ3v) is 5.75. The van der Waals surface area contributed by atoms with Crippen molar-refractivity contribution in [3.05, 3.63) is 47.7 Å². The maximum atomic E-state index is 11.9. The molecule has 0 bridgehead atoms. The van der Waals surface area contributed by atoms with Gasteiger partial charge in [0.05, 0.1) is 10.5 Å². The summed E-state index contributed by atoms with van der Waals surface area (Å²) in [5.74, 6) is -0.579. The number of sulfonamides is 2. The number of nitrogens with two attached hydrogens (primary N) is 1. The van der Waals surface area contributed by atoms with Crippen LogP contribution in [0.25, 0.3) is 0 Å². The van der Waals surface area contributed by atoms with Crippen molar-refractivity contribution in [3.8, 4) is 0 Å². The molecule has 0 saturated heterocycles. The number of nitrogens with zero attached hydrogens (tertiary/aromatic N) is 1. The molecule has 0 amide bonds. The van der Waals surface area contributed by atoms with Gasteiger partial charge in [-0.25, -0.2) is 31.1 Å². The lowest BCUT2D eigenvalue weighted by atomic mass is 10.2. The summed E-state index contributed by atoms with van der Waals surface area (Å²) in [6.45, 7) is -0.279. The van der Waals surface area contributed by atoms with E-state index in [1.54, 1.807) is 0 Å². The molecule has 0 unspecified atom stereocenters. The number of hydrogen-bond donors (Lipinski definition) is 1. The summed E-state index contributed by atoms with van der Waals surface area (Å²) >= 11 is 0. The summed E-state index contributed by atoms with van der Waals surface area (Å²) in [6, 6.07) is 7.52. The summed E-state index contributed by atoms with van der Waals surface area (Å²) in [4.78, 5) is 11.8. The van der Waals surface area contributed by atoms with Gasteiger partial charge in [0.1, 0.15) is 12.4 Å². The van der Waals surface area contributed by atoms with Crippen LogP contribution in [0, 0.1) is 0 Å². The molecule has 0 radical (unpaired) electrons. The number of primary sulfonamides is 1. The normalized spacial score (nSPS) is 12.3. The van der Waals surface area contributed by atoms with Gasteiger partial charge >= 0.3 is 5.97 Å². The molecule has 136 valence electrons. The fourth-order valence-corrected chi connectivity index (χ4v) is 3.08. The summed E-state index contributed by atoms with van der Waals surface area (Å²) in [5, 5.41) is 4.70. The fourth-order valence-electron chi connectivity index (χ4n) is 1.76. The molecule has 2 N–H and O–H groups in total. The highest BCUT2D eigenvalue weighted by molar-refractivity contribution is 7.89. The van der Waals surface area contributed by atoms with Gasteiger partial charge in [-0.15, -0.1) is 0 Å². The summed E-state index contributed by atoms with van der Waals surface area (Å²) < 4.78 is 57.2. The lowest BCUT2D eigenvalue weighted by Gasteiger charge is -2.08. The number of carbonyl (C=O) groups excluding carboxylic acids is 1. The maximum Gasteiger partial charge on any atom is 0.338 e. The standard InChI is InChI=1S/C14H16N2O7S2/c1-16(2)25(20,21)13-8-5-11(23-13)9-22-14(17)10-3-6-12(7-4-10)24(15,18)19/h3-8H,9H2,1-2H3,(H2,15,18,19). The zero-order valence-electron chi connectivity index (χ0n) is 13.4. The molecule has 0 spiro atoms. The van der Waals surface area contributed by atoms with Gasteiger partial charge in [0.2, 0.25) is 15.1 Å². The van der Waals surface area contributed by atoms with Gasteiger partial charge in [0.25, 0.3) is 10.0 Å². The Morgan fingerprint density at radius 1 is 1.08 bits per heavy atom. The van der Waals surface area contributed by atoms with Crippen molar-refractivity contribution in [3.63, 3.8) is 0 Å². The number of ether oxygens (including phenoxy) is 1. The highest BCUT2D eigenvalue weighted by Crippen LogP contribution is 2.18. The minimum atomic E-state index is -3.85. The molecule has 0 fully saturated rings. The Labute approximate surface area is 145 Å². The van der Waals surface area contributed by atoms with Gasteiger partial charge < -0.3 is 9.15 Å². The molecular formula is C14H16N2O7S2. The number of hydrogen-bond acceptors (Lipinski definition) is 7. The van der Waals surface area contributed by atoms with Crippen LogP contribution in [0.3, 0.4) is 0 Å². The Kier molecular flexibility index (Phi) is 5.32. The van der Waals surface area contributed by atoms with Crippen LogP contribution in [0.2, 0.25) is 0 Å². The van der Waals surface area contributed by atoms with E-state index in [2.05, 4.69) is 0 Å². The smallest absolute Gasteiger partial charge is 0.338 e. The van der Waals surface area contributed by atoms with E-state index in [0.717, 1.165) is 4.31 Å². The van der Waals surface area contributed by atoms with E-state index in [-0.39, 0.29) is 27.9 Å². The van der Waals surface area contributed by atoms with Crippen LogP contribution in [0.1, 0.15) is 16.1 Å². The Morgan fingerprint density at radius 2 is 1.68 bits per heavy atom. The van der Waals surface area contributed by atoms with Crippen molar-refractivity contribution >= 4 is 26.0 Å². The molecule has 2 rings (SSSR count). The van der Waals surface area contributed by atoms with Crippen LogP contribution in [-0.2, 0) is 31.4 Å². The van der Waals surface area contributed by atoms with Gasteiger partial charge in [-0.1, -0.05) is 0 Å². The van der Waals surface area contributed by atoms with Crippen LogP contribution in [0.4, 0.5) is 0 Å². The van der Waals surface area contributed by atoms with Crippen LogP contribution >= 0.6 is 0 Å². The Bertz CT molecular complexity index is 974. The monoisotopic (exact) mass is 388 g/mol. The van der Waals surface area contributed by atoms with E-state index < -0.39 is 26.0 Å². The molecule has 1 aromatic heterocycles. The van der Waals surface area contributed by atoms with Gasteiger partial charge in [-0.3, -0.25) is 0 Å². The number of benzene rings is 1. The molecule has 2 aromatic rings. The first-order valence-electron chi connectivity index (χ1n) is 6.83. The highest BCUT2D eigenvalue weighted by Gasteiger charge is 2.22. The van der Waals surface area contributed by atoms with E-state index in [9.17, 15) is 21.6 Å². The summed E-state index contributed by atoms with van der Waals surface area (Å²) in [7, 11) is -4.83. The number of rotatable bonds is 6. The molecule has 25 heavy (non-hydrogen) atoms. The molecule has 0 atom stereocenters. The molecule has 0 aliphatic heterocycles. The molecule has 0 aliphatic rings. The lowest BCUT2D eigenvalue weighted by Crippen LogP contribution is -2.21. The predicted octanol–water partition coefficient (Wildman–Crippen LogP) is 0.534. The summed E-state index contributed by atoms with van der Waals surface area (Å²) in [5.41, 5.74) is 0.111. The topological polar surface area (TPSA) is 137 Å². The fraction of sp³-hybridized carbons (Fsp3) is 0.214. The van der Waals surface area contributed by atoms with E-state index in [1.807, 2.05) is 0 Å². The number of carbonyl (C=O) groups is 1. The van der Waals surface area contributed by atoms with Gasteiger partial charge in [-0.2, -0.15) is 0 Å². The van der Waals surface area contributed by atoms with E-state index in [0.29, 0.717) is 0 Å². The predicted molar refractivity (Wildman–Crippen MR) is 86.5 cm³/mol. The van der Waals surface area contributed by atoms with Crippen molar-refractivity contribution in [2.45, 2.75) is 16.6 Å². The molecule has 11 heteroatoms. The SMILES string of the molecule is CN(C)S(=O)(=O)c1ccc(COC(=O)c2ccc(S(N)(=O)=O)cc2)o1. The van der Waals surface area contributed by atoms with Gasteiger partial charge in [0, 0.05) is 14.1 Å². The van der Waals surface area contributed by atoms with E-state index in [4.69, 9.17) is 14.3 Å². The van der Waals surface area contributed by atoms with Crippen molar-refractivity contribution in [2.24, 2.45) is 5.14 Å². The molecule has 1 aromatic carbocycles. The minimum absolute atomic E-state index is 0.111. The van der Waals surface area contributed by atoms with Crippen LogP contribution in [0.15, 0.2) is 50.8 Å². The first-order valence-corrected chi connectivity index (χ1v) is 9.81. The zero-order chi connectivity index (χ0) is 18.8. The van der Waals surface area contributed by atoms with Crippen molar-refractivity contribution < 1.29 is 30.8 Å². The number of esters is 1. The van der Waals surface area contributed by atoms with Crippen LogP contribution < -0.4 is 5.14 Å². The molecule has 1 heterocycles. The van der Waals surface area contributed by atoms with Gasteiger partial charge in [-0.05, 0) is 36.4 Å². The average Bonchev–Trinajstić information content (AvgIpc) is 3.01. The highest BCUT2D eigenvalue weighted by atomic mass is 32.2. The van der Waals surface area contributed by atoms with Crippen LogP contribution in [0.5, 0.6) is 0 Å². The minimum Gasteiger partial charge on any atom is -0.454 e. The molecule has 0 aliphatic carbocycles. The van der Waals surface area contributed by atoms with Crippen molar-refractivity contribution in [2.75, 3.05) is 14.1 Å². The number of furan rings is 1. The van der Waals surface area contributed by atoms with E-state index >= 15 is 0 Å². The van der Waals surface area contributed by atoms with Crippen molar-refractivity contribution in [1.29, 1.82) is 0 Å². The first kappa shape index (κ1) is 19.1. The quantitative estimate of drug-likeness (QED) is 0.713. The lowest BCUT2D eigenvalue weighted by molar-refractivity contribution is 0.0440.